The van der Waals surface area contributed by atoms with E-state index < -0.39 is 8.32 Å². The molecule has 1 heterocycles. The Labute approximate surface area is 130 Å². The Kier molecular flexibility index (Phi) is 4.26. The second kappa shape index (κ2) is 5.86. The Balaban J connectivity index is 2.02. The topological polar surface area (TPSA) is 21.8 Å². The van der Waals surface area contributed by atoms with Gasteiger partial charge in [0.25, 0.3) is 0 Å². The quantitative estimate of drug-likeness (QED) is 0.580. The van der Waals surface area contributed by atoms with E-state index in [-0.39, 0.29) is 11.7 Å². The summed E-state index contributed by atoms with van der Waals surface area (Å²) >= 11 is 0. The molecule has 3 heteroatoms. The fraction of sp³-hybridized carbons (Fsp3) is 0.667. The van der Waals surface area contributed by atoms with Gasteiger partial charge in [0.1, 0.15) is 11.7 Å². The molecule has 1 aromatic rings. The molecule has 2 aliphatic rings. The molecule has 0 spiro atoms. The second-order valence-electron chi connectivity index (χ2n) is 7.53. The average Bonchev–Trinajstić information content (AvgIpc) is 3.31. The Morgan fingerprint density at radius 3 is 2.19 bits per heavy atom. The predicted molar refractivity (Wildman–Crippen MR) is 88.9 cm³/mol. The second-order valence-corrected chi connectivity index (χ2v) is 12.0. The lowest BCUT2D eigenvalue weighted by Gasteiger charge is -2.46. The van der Waals surface area contributed by atoms with E-state index in [2.05, 4.69) is 50.0 Å². The van der Waals surface area contributed by atoms with E-state index >= 15 is 0 Å². The highest BCUT2D eigenvalue weighted by molar-refractivity contribution is 6.69. The van der Waals surface area contributed by atoms with Crippen LogP contribution in [0.25, 0.3) is 0 Å². The van der Waals surface area contributed by atoms with Crippen LogP contribution in [0.1, 0.15) is 37.7 Å². The van der Waals surface area contributed by atoms with Crippen molar-refractivity contribution < 1.29 is 9.16 Å². The van der Waals surface area contributed by atoms with Crippen molar-refractivity contribution in [2.24, 2.45) is 5.92 Å². The van der Waals surface area contributed by atoms with Crippen LogP contribution in [0.5, 0.6) is 0 Å². The number of benzene rings is 1. The van der Waals surface area contributed by atoms with Crippen molar-refractivity contribution in [3.63, 3.8) is 0 Å². The normalized spacial score (nSPS) is 26.3. The molecule has 21 heavy (non-hydrogen) atoms. The lowest BCUT2D eigenvalue weighted by Crippen LogP contribution is -2.50. The van der Waals surface area contributed by atoms with Crippen molar-refractivity contribution in [1.82, 2.24) is 0 Å². The van der Waals surface area contributed by atoms with Gasteiger partial charge in [0, 0.05) is 0 Å². The molecule has 1 saturated heterocycles. The molecule has 3 rings (SSSR count). The fourth-order valence-electron chi connectivity index (χ4n) is 3.92. The lowest BCUT2D eigenvalue weighted by atomic mass is 9.72. The first kappa shape index (κ1) is 15.3. The van der Waals surface area contributed by atoms with Crippen LogP contribution in [-0.4, -0.2) is 21.0 Å². The van der Waals surface area contributed by atoms with Crippen LogP contribution in [0.2, 0.25) is 19.6 Å². The zero-order valence-corrected chi connectivity index (χ0v) is 14.6. The van der Waals surface area contributed by atoms with Crippen molar-refractivity contribution in [3.05, 3.63) is 35.9 Å². The standard InChI is InChI=1S/C18H28O2Si/c1-21(2,3)20-18(17-14-19-17,15-10-6-4-7-11-15)16-12-8-5-9-13-16/h4,6-7,10-11,16-17H,5,8-9,12-14H2,1-3H3/t17-,18+/m0/s1. The minimum atomic E-state index is -1.66. The molecule has 1 aromatic carbocycles. The molecule has 2 nitrogen and oxygen atoms in total. The molecule has 0 bridgehead atoms. The molecule has 1 aliphatic carbocycles. The van der Waals surface area contributed by atoms with Crippen molar-refractivity contribution in [3.8, 4) is 0 Å². The van der Waals surface area contributed by atoms with E-state index in [0.717, 1.165) is 6.61 Å². The van der Waals surface area contributed by atoms with Gasteiger partial charge in [-0.3, -0.25) is 0 Å². The van der Waals surface area contributed by atoms with Gasteiger partial charge in [-0.2, -0.15) is 0 Å². The summed E-state index contributed by atoms with van der Waals surface area (Å²) in [5.41, 5.74) is 1.13. The Hall–Kier alpha value is -0.643. The summed E-state index contributed by atoms with van der Waals surface area (Å²) in [5.74, 6) is 0.605. The molecule has 0 amide bonds. The summed E-state index contributed by atoms with van der Waals surface area (Å²) in [6.45, 7) is 7.76. The Morgan fingerprint density at radius 1 is 1.05 bits per heavy atom. The third kappa shape index (κ3) is 3.25. The highest BCUT2D eigenvalue weighted by Crippen LogP contribution is 2.50. The molecule has 0 unspecified atom stereocenters. The maximum Gasteiger partial charge on any atom is 0.185 e. The van der Waals surface area contributed by atoms with Crippen LogP contribution in [0.3, 0.4) is 0 Å². The molecular formula is C18H28O2Si. The number of hydrogen-bond donors (Lipinski definition) is 0. The van der Waals surface area contributed by atoms with Gasteiger partial charge in [-0.25, -0.2) is 0 Å². The zero-order valence-electron chi connectivity index (χ0n) is 13.6. The minimum Gasteiger partial charge on any atom is -0.405 e. The first-order valence-electron chi connectivity index (χ1n) is 8.40. The maximum absolute atomic E-state index is 6.89. The van der Waals surface area contributed by atoms with Crippen LogP contribution < -0.4 is 0 Å². The monoisotopic (exact) mass is 304 g/mol. The highest BCUT2D eigenvalue weighted by Gasteiger charge is 2.55. The summed E-state index contributed by atoms with van der Waals surface area (Å²) in [5, 5.41) is 0. The largest absolute Gasteiger partial charge is 0.405 e. The summed E-state index contributed by atoms with van der Waals surface area (Å²) < 4.78 is 12.7. The van der Waals surface area contributed by atoms with Crippen molar-refractivity contribution in [1.29, 1.82) is 0 Å². The summed E-state index contributed by atoms with van der Waals surface area (Å²) in [7, 11) is -1.66. The minimum absolute atomic E-state index is 0.202. The van der Waals surface area contributed by atoms with E-state index in [9.17, 15) is 0 Å². The fourth-order valence-corrected chi connectivity index (χ4v) is 5.35. The molecule has 1 saturated carbocycles. The lowest BCUT2D eigenvalue weighted by molar-refractivity contribution is -0.0438. The van der Waals surface area contributed by atoms with Gasteiger partial charge in [-0.1, -0.05) is 49.6 Å². The smallest absolute Gasteiger partial charge is 0.185 e. The first-order valence-corrected chi connectivity index (χ1v) is 11.8. The van der Waals surface area contributed by atoms with Crippen LogP contribution in [0.4, 0.5) is 0 Å². The number of ether oxygens (including phenoxy) is 1. The number of epoxide rings is 1. The van der Waals surface area contributed by atoms with Gasteiger partial charge < -0.3 is 9.16 Å². The molecule has 2 fully saturated rings. The van der Waals surface area contributed by atoms with Crippen molar-refractivity contribution in [2.75, 3.05) is 6.61 Å². The van der Waals surface area contributed by atoms with Gasteiger partial charge in [0.05, 0.1) is 6.61 Å². The Bertz CT molecular complexity index is 458. The molecule has 1 aliphatic heterocycles. The SMILES string of the molecule is C[Si](C)(C)O[C@](c1ccccc1)(C1CCCCC1)[C@@H]1CO1. The van der Waals surface area contributed by atoms with Crippen molar-refractivity contribution in [2.45, 2.75) is 63.5 Å². The van der Waals surface area contributed by atoms with Crippen LogP contribution in [0.15, 0.2) is 30.3 Å². The first-order chi connectivity index (χ1) is 10.0. The van der Waals surface area contributed by atoms with E-state index in [1.165, 1.54) is 37.7 Å². The third-order valence-electron chi connectivity index (χ3n) is 4.72. The zero-order chi connectivity index (χ0) is 14.9. The van der Waals surface area contributed by atoms with E-state index in [1.54, 1.807) is 0 Å². The van der Waals surface area contributed by atoms with Gasteiger partial charge in [-0.15, -0.1) is 0 Å². The molecule has 0 aromatic heterocycles. The van der Waals surface area contributed by atoms with Gasteiger partial charge in [0.15, 0.2) is 8.32 Å². The van der Waals surface area contributed by atoms with Gasteiger partial charge >= 0.3 is 0 Å². The van der Waals surface area contributed by atoms with Crippen LogP contribution in [0, 0.1) is 5.92 Å². The highest BCUT2D eigenvalue weighted by atomic mass is 28.4. The Morgan fingerprint density at radius 2 is 1.67 bits per heavy atom. The molecule has 0 N–H and O–H groups in total. The predicted octanol–water partition coefficient (Wildman–Crippen LogP) is 4.71. The van der Waals surface area contributed by atoms with Gasteiger partial charge in [-0.05, 0) is 44.0 Å². The summed E-state index contributed by atoms with van der Waals surface area (Å²) in [4.78, 5) is 0. The van der Waals surface area contributed by atoms with Gasteiger partial charge in [0.2, 0.25) is 0 Å². The summed E-state index contributed by atoms with van der Waals surface area (Å²) in [6, 6.07) is 10.9. The average molecular weight is 305 g/mol. The van der Waals surface area contributed by atoms with Crippen molar-refractivity contribution >= 4 is 8.32 Å². The van der Waals surface area contributed by atoms with Crippen LogP contribution in [-0.2, 0) is 14.8 Å². The van der Waals surface area contributed by atoms with E-state index in [4.69, 9.17) is 9.16 Å². The third-order valence-corrected chi connectivity index (χ3v) is 5.67. The summed E-state index contributed by atoms with van der Waals surface area (Å²) in [6.07, 6.45) is 6.86. The van der Waals surface area contributed by atoms with E-state index in [1.807, 2.05) is 0 Å². The van der Waals surface area contributed by atoms with E-state index in [0.29, 0.717) is 5.92 Å². The molecule has 2 atom stereocenters. The molecule has 0 radical (unpaired) electrons. The molecular weight excluding hydrogens is 276 g/mol. The number of rotatable bonds is 5. The maximum atomic E-state index is 6.89. The molecule has 116 valence electrons. The number of hydrogen-bond acceptors (Lipinski definition) is 2. The van der Waals surface area contributed by atoms with Crippen LogP contribution >= 0.6 is 0 Å².